The molecule has 4 atom stereocenters. The number of ether oxygens (including phenoxy) is 1. The number of hydrazine groups is 1. The minimum absolute atomic E-state index is 0.0646. The predicted molar refractivity (Wildman–Crippen MR) is 126 cm³/mol. The molecule has 0 aliphatic carbocycles. The van der Waals surface area contributed by atoms with Crippen LogP contribution in [0.1, 0.15) is 32.8 Å². The number of nitrogens with zero attached hydrogens (tertiary/aromatic N) is 3. The molecule has 3 aliphatic heterocycles. The lowest BCUT2D eigenvalue weighted by atomic mass is 9.97. The lowest BCUT2D eigenvalue weighted by molar-refractivity contribution is -0.134. The van der Waals surface area contributed by atoms with Gasteiger partial charge in [-0.25, -0.2) is 10.4 Å². The summed E-state index contributed by atoms with van der Waals surface area (Å²) in [4.78, 5) is 22.0. The van der Waals surface area contributed by atoms with Crippen molar-refractivity contribution >= 4 is 34.4 Å². The quantitative estimate of drug-likeness (QED) is 0.645. The Morgan fingerprint density at radius 1 is 1.26 bits per heavy atom. The zero-order valence-corrected chi connectivity index (χ0v) is 19.2. The number of hydrogen-bond acceptors (Lipinski definition) is 7. The van der Waals surface area contributed by atoms with Crippen LogP contribution in [0, 0.1) is 11.3 Å². The molecule has 3 heterocycles. The average molecular weight is 445 g/mol. The molecule has 0 aromatic heterocycles. The molecule has 31 heavy (non-hydrogen) atoms. The second-order valence-corrected chi connectivity index (χ2v) is 9.32. The van der Waals surface area contributed by atoms with Crippen molar-refractivity contribution < 1.29 is 9.53 Å². The maximum atomic E-state index is 13.2. The van der Waals surface area contributed by atoms with E-state index in [1.54, 1.807) is 0 Å². The van der Waals surface area contributed by atoms with Gasteiger partial charge in [0.05, 0.1) is 24.4 Å². The maximum absolute atomic E-state index is 13.2. The molecule has 0 radical (unpaired) electrons. The van der Waals surface area contributed by atoms with E-state index in [0.29, 0.717) is 43.7 Å². The van der Waals surface area contributed by atoms with Gasteiger partial charge < -0.3 is 9.64 Å². The summed E-state index contributed by atoms with van der Waals surface area (Å²) in [6, 6.07) is 8.40. The van der Waals surface area contributed by atoms with Gasteiger partial charge in [0.1, 0.15) is 12.0 Å². The number of benzene rings is 1. The van der Waals surface area contributed by atoms with Crippen LogP contribution in [0.3, 0.4) is 0 Å². The van der Waals surface area contributed by atoms with E-state index in [-0.39, 0.29) is 29.3 Å². The minimum atomic E-state index is -0.245. The van der Waals surface area contributed by atoms with Crippen LogP contribution >= 0.6 is 11.8 Å². The van der Waals surface area contributed by atoms with Gasteiger partial charge in [-0.1, -0.05) is 37.7 Å². The number of anilines is 1. The van der Waals surface area contributed by atoms with Crippen LogP contribution < -0.4 is 15.8 Å². The number of carbonyl (C=O) groups is 1. The summed E-state index contributed by atoms with van der Waals surface area (Å²) in [7, 11) is 0. The lowest BCUT2D eigenvalue weighted by Gasteiger charge is -2.37. The Morgan fingerprint density at radius 3 is 2.61 bits per heavy atom. The standard InChI is InChI=1S/C22H32N6O2S/c1-4-15-6-8-16(9-7-15)28-19(23)18-14(3)25-26-20(18)24-22(28)31-17(5-2)21(29)27-10-12-30-13-11-27/h6-9,14,17-18,20,23,25-26H,4-5,10-13H2,1-3H3. The average Bonchev–Trinajstić information content (AvgIpc) is 3.18. The molecule has 1 amide bonds. The fraction of sp³-hybridized carbons (Fsp3) is 0.591. The highest BCUT2D eigenvalue weighted by Gasteiger charge is 2.44. The smallest absolute Gasteiger partial charge is 0.236 e. The molecule has 8 nitrogen and oxygen atoms in total. The molecule has 0 bridgehead atoms. The first kappa shape index (κ1) is 22.3. The van der Waals surface area contributed by atoms with Crippen molar-refractivity contribution in [3.8, 4) is 0 Å². The number of aliphatic imine (C=N–C) groups is 1. The van der Waals surface area contributed by atoms with Gasteiger partial charge in [-0.05, 0) is 37.5 Å². The van der Waals surface area contributed by atoms with Crippen molar-refractivity contribution in [2.45, 2.75) is 51.1 Å². The number of morpholine rings is 1. The fourth-order valence-electron chi connectivity index (χ4n) is 4.23. The zero-order valence-electron chi connectivity index (χ0n) is 18.4. The molecule has 0 spiro atoms. The molecule has 3 N–H and O–H groups in total. The third-order valence-electron chi connectivity index (χ3n) is 6.15. The summed E-state index contributed by atoms with van der Waals surface area (Å²) < 4.78 is 5.40. The van der Waals surface area contributed by atoms with Gasteiger partial charge in [0.25, 0.3) is 0 Å². The number of amides is 1. The van der Waals surface area contributed by atoms with E-state index in [1.807, 2.05) is 16.7 Å². The van der Waals surface area contributed by atoms with Crippen molar-refractivity contribution in [3.05, 3.63) is 29.8 Å². The van der Waals surface area contributed by atoms with E-state index in [9.17, 15) is 4.79 Å². The Labute approximate surface area is 188 Å². The first-order chi connectivity index (χ1) is 15.0. The Hall–Kier alpha value is -1.94. The highest BCUT2D eigenvalue weighted by atomic mass is 32.2. The van der Waals surface area contributed by atoms with Gasteiger partial charge in [0, 0.05) is 24.8 Å². The second-order valence-electron chi connectivity index (χ2n) is 8.15. The SMILES string of the molecule is CCc1ccc(N2C(=N)C3C(C)NNC3N=C2SC(CC)C(=O)N2CCOCC2)cc1. The van der Waals surface area contributed by atoms with Crippen LogP contribution in [0.2, 0.25) is 0 Å². The largest absolute Gasteiger partial charge is 0.378 e. The van der Waals surface area contributed by atoms with Crippen molar-refractivity contribution in [1.82, 2.24) is 15.8 Å². The topological polar surface area (TPSA) is 93.1 Å². The number of hydrogen-bond donors (Lipinski definition) is 3. The predicted octanol–water partition coefficient (Wildman–Crippen LogP) is 2.21. The summed E-state index contributed by atoms with van der Waals surface area (Å²) in [6.07, 6.45) is 1.47. The molecule has 1 aromatic carbocycles. The monoisotopic (exact) mass is 444 g/mol. The Bertz CT molecular complexity index is 839. The summed E-state index contributed by atoms with van der Waals surface area (Å²) >= 11 is 1.47. The Balaban J connectivity index is 1.63. The first-order valence-electron chi connectivity index (χ1n) is 11.1. The van der Waals surface area contributed by atoms with E-state index >= 15 is 0 Å². The van der Waals surface area contributed by atoms with Crippen LogP contribution in [0.4, 0.5) is 5.69 Å². The Morgan fingerprint density at radius 2 is 1.97 bits per heavy atom. The van der Waals surface area contributed by atoms with Crippen molar-refractivity contribution in [1.29, 1.82) is 5.41 Å². The van der Waals surface area contributed by atoms with Crippen LogP contribution in [0.15, 0.2) is 29.3 Å². The number of aryl methyl sites for hydroxylation is 1. The van der Waals surface area contributed by atoms with Gasteiger partial charge in [0.15, 0.2) is 5.17 Å². The van der Waals surface area contributed by atoms with Gasteiger partial charge in [-0.2, -0.15) is 0 Å². The summed E-state index contributed by atoms with van der Waals surface area (Å²) in [6.45, 7) is 8.67. The van der Waals surface area contributed by atoms with E-state index in [1.165, 1.54) is 17.3 Å². The molecule has 1 aromatic rings. The third kappa shape index (κ3) is 4.50. The number of amidine groups is 2. The van der Waals surface area contributed by atoms with Gasteiger partial charge in [-0.3, -0.25) is 20.5 Å². The molecular weight excluding hydrogens is 412 g/mol. The van der Waals surface area contributed by atoms with E-state index < -0.39 is 0 Å². The maximum Gasteiger partial charge on any atom is 0.236 e. The van der Waals surface area contributed by atoms with Gasteiger partial charge in [-0.15, -0.1) is 0 Å². The number of carbonyl (C=O) groups excluding carboxylic acids is 1. The molecule has 168 valence electrons. The third-order valence-corrected chi connectivity index (χ3v) is 7.47. The Kier molecular flexibility index (Phi) is 6.95. The lowest BCUT2D eigenvalue weighted by Crippen LogP contribution is -2.51. The van der Waals surface area contributed by atoms with E-state index in [2.05, 4.69) is 49.0 Å². The fourth-order valence-corrected chi connectivity index (χ4v) is 5.39. The number of rotatable bonds is 5. The number of nitrogens with one attached hydrogen (secondary N) is 3. The van der Waals surface area contributed by atoms with Crippen molar-refractivity contribution in [2.24, 2.45) is 10.9 Å². The van der Waals surface area contributed by atoms with Gasteiger partial charge >= 0.3 is 0 Å². The second kappa shape index (κ2) is 9.68. The normalized spacial score (nSPS) is 27.1. The van der Waals surface area contributed by atoms with Crippen LogP contribution in [-0.4, -0.2) is 65.6 Å². The molecular formula is C22H32N6O2S. The zero-order chi connectivity index (χ0) is 22.0. The summed E-state index contributed by atoms with van der Waals surface area (Å²) in [5.41, 5.74) is 8.60. The summed E-state index contributed by atoms with van der Waals surface area (Å²) in [5, 5.41) is 9.47. The number of thioether (sulfide) groups is 1. The van der Waals surface area contributed by atoms with Gasteiger partial charge in [0.2, 0.25) is 5.91 Å². The van der Waals surface area contributed by atoms with Crippen molar-refractivity contribution in [2.75, 3.05) is 31.2 Å². The molecule has 4 rings (SSSR count). The minimum Gasteiger partial charge on any atom is -0.378 e. The van der Waals surface area contributed by atoms with E-state index in [0.717, 1.165) is 12.1 Å². The molecule has 0 saturated carbocycles. The van der Waals surface area contributed by atoms with Crippen LogP contribution in [0.5, 0.6) is 0 Å². The number of fused-ring (bicyclic) bond motifs is 1. The van der Waals surface area contributed by atoms with Crippen LogP contribution in [-0.2, 0) is 16.0 Å². The first-order valence-corrected chi connectivity index (χ1v) is 12.0. The molecule has 9 heteroatoms. The molecule has 3 aliphatic rings. The van der Waals surface area contributed by atoms with E-state index in [4.69, 9.17) is 15.1 Å². The molecule has 2 saturated heterocycles. The molecule has 4 unspecified atom stereocenters. The van der Waals surface area contributed by atoms with Crippen LogP contribution in [0.25, 0.3) is 0 Å². The molecule has 2 fully saturated rings. The highest BCUT2D eigenvalue weighted by molar-refractivity contribution is 8.15. The highest BCUT2D eigenvalue weighted by Crippen LogP contribution is 2.34. The summed E-state index contributed by atoms with van der Waals surface area (Å²) in [5.74, 6) is 0.565. The van der Waals surface area contributed by atoms with Crippen molar-refractivity contribution in [3.63, 3.8) is 0 Å².